The van der Waals surface area contributed by atoms with Crippen molar-refractivity contribution in [1.29, 1.82) is 0 Å². The molecule has 0 N–H and O–H groups in total. The first-order valence-electron chi connectivity index (χ1n) is 9.18. The van der Waals surface area contributed by atoms with E-state index in [2.05, 4.69) is 4.99 Å². The van der Waals surface area contributed by atoms with Crippen LogP contribution in [-0.4, -0.2) is 26.0 Å². The Kier molecular flexibility index (Phi) is 5.12. The van der Waals surface area contributed by atoms with Crippen molar-refractivity contribution in [1.82, 2.24) is 0 Å². The van der Waals surface area contributed by atoms with Gasteiger partial charge in [-0.3, -0.25) is 9.69 Å². The molecule has 0 aliphatic carbocycles. The molecule has 0 spiro atoms. The van der Waals surface area contributed by atoms with Crippen molar-refractivity contribution in [2.24, 2.45) is 4.99 Å². The Morgan fingerprint density at radius 2 is 1.48 bits per heavy atom. The zero-order valence-corrected chi connectivity index (χ0v) is 16.2. The number of aliphatic imine (C=N–C) groups is 1. The summed E-state index contributed by atoms with van der Waals surface area (Å²) in [5.74, 6) is 1.66. The van der Waals surface area contributed by atoms with E-state index in [9.17, 15) is 4.79 Å². The predicted molar refractivity (Wildman–Crippen MR) is 114 cm³/mol. The van der Waals surface area contributed by atoms with Gasteiger partial charge >= 0.3 is 0 Å². The van der Waals surface area contributed by atoms with E-state index >= 15 is 0 Å². The zero-order valence-electron chi connectivity index (χ0n) is 16.2. The quantitative estimate of drug-likeness (QED) is 0.607. The van der Waals surface area contributed by atoms with Gasteiger partial charge in [0.1, 0.15) is 11.5 Å². The molecule has 4 rings (SSSR count). The minimum Gasteiger partial charge on any atom is -0.493 e. The van der Waals surface area contributed by atoms with E-state index in [1.807, 2.05) is 72.8 Å². The number of methoxy groups -OCH3 is 2. The molecule has 0 atom stereocenters. The number of amides is 1. The van der Waals surface area contributed by atoms with Crippen LogP contribution in [-0.2, 0) is 4.79 Å². The third-order valence-electron chi connectivity index (χ3n) is 4.62. The molecular formula is C24H20N2O3. The van der Waals surface area contributed by atoms with Gasteiger partial charge in [-0.1, -0.05) is 54.6 Å². The number of hydrogen-bond donors (Lipinski definition) is 0. The number of anilines is 1. The molecule has 1 amide bonds. The first-order valence-corrected chi connectivity index (χ1v) is 9.18. The van der Waals surface area contributed by atoms with Gasteiger partial charge < -0.3 is 9.47 Å². The molecule has 0 unspecified atom stereocenters. The molecule has 0 saturated carbocycles. The molecule has 3 aromatic carbocycles. The number of amidine groups is 1. The van der Waals surface area contributed by atoms with Gasteiger partial charge in [-0.15, -0.1) is 0 Å². The summed E-state index contributed by atoms with van der Waals surface area (Å²) in [4.78, 5) is 19.6. The van der Waals surface area contributed by atoms with Crippen LogP contribution in [0.2, 0.25) is 0 Å². The second-order valence-electron chi connectivity index (χ2n) is 6.42. The lowest BCUT2D eigenvalue weighted by atomic mass is 10.1. The van der Waals surface area contributed by atoms with Gasteiger partial charge in [0, 0.05) is 5.56 Å². The van der Waals surface area contributed by atoms with Gasteiger partial charge in [0.05, 0.1) is 19.9 Å². The minimum atomic E-state index is -0.176. The molecule has 5 nitrogen and oxygen atoms in total. The van der Waals surface area contributed by atoms with E-state index in [-0.39, 0.29) is 5.91 Å². The summed E-state index contributed by atoms with van der Waals surface area (Å²) in [6, 6.07) is 24.7. The van der Waals surface area contributed by atoms with Crippen molar-refractivity contribution in [3.8, 4) is 11.5 Å². The van der Waals surface area contributed by atoms with E-state index in [1.165, 1.54) is 0 Å². The van der Waals surface area contributed by atoms with E-state index in [1.54, 1.807) is 31.3 Å². The zero-order chi connectivity index (χ0) is 20.2. The lowest BCUT2D eigenvalue weighted by molar-refractivity contribution is -0.113. The summed E-state index contributed by atoms with van der Waals surface area (Å²) >= 11 is 0. The van der Waals surface area contributed by atoms with Gasteiger partial charge in [-0.2, -0.15) is 0 Å². The van der Waals surface area contributed by atoms with Crippen LogP contribution in [0.4, 0.5) is 5.69 Å². The Hall–Kier alpha value is -3.86. The van der Waals surface area contributed by atoms with Crippen LogP contribution in [0.25, 0.3) is 6.08 Å². The maximum atomic E-state index is 13.3. The standard InChI is InChI=1S/C24H20N2O3/c1-28-21-14-13-17(16-22(21)29-2)15-20-24(27)26(19-11-7-4-8-12-19)23(25-20)18-9-5-3-6-10-18/h3-16H,1-2H3/b20-15+. The average Bonchev–Trinajstić information content (AvgIpc) is 3.10. The third-order valence-corrected chi connectivity index (χ3v) is 4.62. The van der Waals surface area contributed by atoms with E-state index in [0.29, 0.717) is 23.0 Å². The maximum Gasteiger partial charge on any atom is 0.282 e. The molecule has 0 bridgehead atoms. The van der Waals surface area contributed by atoms with Crippen LogP contribution >= 0.6 is 0 Å². The number of rotatable bonds is 5. The summed E-state index contributed by atoms with van der Waals surface area (Å²) in [7, 11) is 3.17. The van der Waals surface area contributed by atoms with Crippen molar-refractivity contribution < 1.29 is 14.3 Å². The lowest BCUT2D eigenvalue weighted by Gasteiger charge is -2.18. The first kappa shape index (κ1) is 18.5. The second-order valence-corrected chi connectivity index (χ2v) is 6.42. The van der Waals surface area contributed by atoms with Crippen LogP contribution in [0.1, 0.15) is 11.1 Å². The molecule has 0 saturated heterocycles. The van der Waals surface area contributed by atoms with E-state index < -0.39 is 0 Å². The van der Waals surface area contributed by atoms with Crippen molar-refractivity contribution >= 4 is 23.5 Å². The first-order chi connectivity index (χ1) is 14.2. The number of para-hydroxylation sites is 1. The van der Waals surface area contributed by atoms with Crippen molar-refractivity contribution in [2.45, 2.75) is 0 Å². The predicted octanol–water partition coefficient (Wildman–Crippen LogP) is 4.54. The minimum absolute atomic E-state index is 0.176. The molecule has 0 fully saturated rings. The maximum absolute atomic E-state index is 13.3. The monoisotopic (exact) mass is 384 g/mol. The van der Waals surface area contributed by atoms with Gasteiger partial charge in [0.2, 0.25) is 0 Å². The molecule has 5 heteroatoms. The fourth-order valence-corrected chi connectivity index (χ4v) is 3.21. The van der Waals surface area contributed by atoms with E-state index in [4.69, 9.17) is 9.47 Å². The van der Waals surface area contributed by atoms with Crippen LogP contribution in [0.15, 0.2) is 89.6 Å². The van der Waals surface area contributed by atoms with Crippen molar-refractivity contribution in [3.63, 3.8) is 0 Å². The van der Waals surface area contributed by atoms with Crippen LogP contribution in [0.5, 0.6) is 11.5 Å². The highest BCUT2D eigenvalue weighted by molar-refractivity contribution is 6.33. The molecule has 1 aliphatic rings. The smallest absolute Gasteiger partial charge is 0.282 e. The highest BCUT2D eigenvalue weighted by Gasteiger charge is 2.32. The Bertz CT molecular complexity index is 1090. The summed E-state index contributed by atoms with van der Waals surface area (Å²) in [5, 5.41) is 0. The van der Waals surface area contributed by atoms with Crippen LogP contribution in [0.3, 0.4) is 0 Å². The number of ether oxygens (including phenoxy) is 2. The molecule has 3 aromatic rings. The van der Waals surface area contributed by atoms with E-state index in [0.717, 1.165) is 16.8 Å². The number of carbonyl (C=O) groups is 1. The molecule has 29 heavy (non-hydrogen) atoms. The lowest BCUT2D eigenvalue weighted by Crippen LogP contribution is -2.32. The summed E-state index contributed by atoms with van der Waals surface area (Å²) in [6.07, 6.45) is 1.76. The van der Waals surface area contributed by atoms with Crippen molar-refractivity contribution in [3.05, 3.63) is 95.7 Å². The normalized spacial score (nSPS) is 14.8. The Morgan fingerprint density at radius 1 is 0.828 bits per heavy atom. The molecule has 0 radical (unpaired) electrons. The summed E-state index contributed by atoms with van der Waals surface area (Å²) < 4.78 is 10.6. The van der Waals surface area contributed by atoms with Gasteiger partial charge in [0.25, 0.3) is 5.91 Å². The summed E-state index contributed by atoms with van der Waals surface area (Å²) in [6.45, 7) is 0. The number of benzene rings is 3. The Morgan fingerprint density at radius 3 is 2.14 bits per heavy atom. The number of carbonyl (C=O) groups excluding carboxylic acids is 1. The second kappa shape index (κ2) is 8.02. The molecule has 1 heterocycles. The van der Waals surface area contributed by atoms with Gasteiger partial charge in [-0.05, 0) is 35.9 Å². The topological polar surface area (TPSA) is 51.1 Å². The molecule has 1 aliphatic heterocycles. The highest BCUT2D eigenvalue weighted by Crippen LogP contribution is 2.31. The molecule has 144 valence electrons. The Balaban J connectivity index is 1.79. The fourth-order valence-electron chi connectivity index (χ4n) is 3.21. The van der Waals surface area contributed by atoms with Crippen LogP contribution < -0.4 is 14.4 Å². The molecule has 0 aromatic heterocycles. The van der Waals surface area contributed by atoms with Gasteiger partial charge in [-0.25, -0.2) is 4.99 Å². The van der Waals surface area contributed by atoms with Gasteiger partial charge in [0.15, 0.2) is 11.5 Å². The van der Waals surface area contributed by atoms with Crippen molar-refractivity contribution in [2.75, 3.05) is 19.1 Å². The number of nitrogens with zero attached hydrogens (tertiary/aromatic N) is 2. The summed E-state index contributed by atoms with van der Waals surface area (Å²) in [5.41, 5.74) is 2.81. The fraction of sp³-hybridized carbons (Fsp3) is 0.0833. The largest absolute Gasteiger partial charge is 0.493 e. The highest BCUT2D eigenvalue weighted by atomic mass is 16.5. The number of hydrogen-bond acceptors (Lipinski definition) is 4. The third kappa shape index (κ3) is 3.62. The van der Waals surface area contributed by atoms with Crippen LogP contribution in [0, 0.1) is 0 Å². The SMILES string of the molecule is COc1ccc(/C=C2/N=C(c3ccccc3)N(c3ccccc3)C2=O)cc1OC. The Labute approximate surface area is 169 Å². The molecular weight excluding hydrogens is 364 g/mol. The average molecular weight is 384 g/mol.